The first kappa shape index (κ1) is 21.1. The van der Waals surface area contributed by atoms with Crippen LogP contribution in [-0.2, 0) is 4.79 Å². The first-order chi connectivity index (χ1) is 13.5. The maximum absolute atomic E-state index is 12.4. The normalized spacial score (nSPS) is 10.4. The van der Waals surface area contributed by atoms with E-state index < -0.39 is 6.61 Å². The van der Waals surface area contributed by atoms with E-state index in [0.717, 1.165) is 0 Å². The molecule has 28 heavy (non-hydrogen) atoms. The molecule has 0 atom stereocenters. The van der Waals surface area contributed by atoms with Crippen LogP contribution in [0.1, 0.15) is 30.1 Å². The zero-order chi connectivity index (χ0) is 20.4. The molecule has 0 bridgehead atoms. The van der Waals surface area contributed by atoms with Gasteiger partial charge in [0, 0.05) is 13.0 Å². The van der Waals surface area contributed by atoms with E-state index in [1.54, 1.807) is 30.3 Å². The van der Waals surface area contributed by atoms with E-state index in [1.807, 2.05) is 6.92 Å². The maximum atomic E-state index is 12.4. The summed E-state index contributed by atoms with van der Waals surface area (Å²) in [6.07, 6.45) is 0.489. The van der Waals surface area contributed by atoms with E-state index in [2.05, 4.69) is 15.4 Å². The van der Waals surface area contributed by atoms with Crippen molar-refractivity contribution in [3.8, 4) is 11.5 Å². The van der Waals surface area contributed by atoms with E-state index in [1.165, 1.54) is 18.2 Å². The lowest BCUT2D eigenvalue weighted by molar-refractivity contribution is -0.116. The molecule has 0 radical (unpaired) electrons. The summed E-state index contributed by atoms with van der Waals surface area (Å²) in [5.74, 6) is -0.267. The van der Waals surface area contributed by atoms with Gasteiger partial charge in [-0.25, -0.2) is 0 Å². The Balaban J connectivity index is 1.80. The Kier molecular flexibility index (Phi) is 8.20. The summed E-state index contributed by atoms with van der Waals surface area (Å²) in [6.45, 7) is -0.422. The molecule has 2 N–H and O–H groups in total. The Labute approximate surface area is 161 Å². The van der Waals surface area contributed by atoms with Gasteiger partial charge in [-0.05, 0) is 37.6 Å². The second-order valence-corrected chi connectivity index (χ2v) is 5.71. The van der Waals surface area contributed by atoms with Crippen molar-refractivity contribution in [3.05, 3.63) is 54.1 Å². The van der Waals surface area contributed by atoms with Crippen molar-refractivity contribution in [2.24, 2.45) is 0 Å². The predicted molar refractivity (Wildman–Crippen MR) is 101 cm³/mol. The summed E-state index contributed by atoms with van der Waals surface area (Å²) < 4.78 is 34.6. The number of rotatable bonds is 10. The Morgan fingerprint density at radius 3 is 2.43 bits per heavy atom. The lowest BCUT2D eigenvalue weighted by atomic mass is 10.2. The van der Waals surface area contributed by atoms with Crippen molar-refractivity contribution < 1.29 is 27.8 Å². The molecule has 0 aromatic heterocycles. The van der Waals surface area contributed by atoms with Gasteiger partial charge in [-0.1, -0.05) is 24.3 Å². The molecule has 0 aliphatic rings. The molecule has 0 aliphatic carbocycles. The highest BCUT2D eigenvalue weighted by molar-refractivity contribution is 5.97. The van der Waals surface area contributed by atoms with Gasteiger partial charge in [0.05, 0.1) is 17.9 Å². The molecule has 0 saturated carbocycles. The third kappa shape index (κ3) is 6.53. The third-order valence-corrected chi connectivity index (χ3v) is 3.67. The Morgan fingerprint density at radius 1 is 1.04 bits per heavy atom. The maximum Gasteiger partial charge on any atom is 0.387 e. The van der Waals surface area contributed by atoms with Crippen LogP contribution >= 0.6 is 0 Å². The van der Waals surface area contributed by atoms with Crippen molar-refractivity contribution in [2.45, 2.75) is 26.4 Å². The topological polar surface area (TPSA) is 76.7 Å². The number of carbonyl (C=O) groups is 2. The average molecular weight is 392 g/mol. The molecule has 150 valence electrons. The number of anilines is 1. The minimum atomic E-state index is -2.98. The van der Waals surface area contributed by atoms with Crippen LogP contribution in [0.3, 0.4) is 0 Å². The number of carbonyl (C=O) groups excluding carboxylic acids is 2. The number of halogens is 2. The van der Waals surface area contributed by atoms with Gasteiger partial charge >= 0.3 is 6.61 Å². The fourth-order valence-corrected chi connectivity index (χ4v) is 2.46. The number of nitrogens with one attached hydrogen (secondary N) is 2. The SMILES string of the molecule is CCOc1ccccc1C(=O)NCCCC(=O)Nc1ccccc1OC(F)F. The number of para-hydroxylation sites is 3. The summed E-state index contributed by atoms with van der Waals surface area (Å²) in [7, 11) is 0. The molecule has 0 unspecified atom stereocenters. The van der Waals surface area contributed by atoms with Gasteiger partial charge in [-0.15, -0.1) is 0 Å². The van der Waals surface area contributed by atoms with Crippen LogP contribution in [0.15, 0.2) is 48.5 Å². The number of amides is 2. The molecular formula is C20H22F2N2O4. The molecule has 6 nitrogen and oxygen atoms in total. The van der Waals surface area contributed by atoms with E-state index in [4.69, 9.17) is 4.74 Å². The monoisotopic (exact) mass is 392 g/mol. The Hall–Kier alpha value is -3.16. The second-order valence-electron chi connectivity index (χ2n) is 5.71. The molecule has 0 fully saturated rings. The third-order valence-electron chi connectivity index (χ3n) is 3.67. The summed E-state index contributed by atoms with van der Waals surface area (Å²) in [5, 5.41) is 5.26. The molecule has 2 rings (SSSR count). The van der Waals surface area contributed by atoms with Crippen LogP contribution in [0.5, 0.6) is 11.5 Å². The van der Waals surface area contributed by atoms with E-state index >= 15 is 0 Å². The molecule has 0 saturated heterocycles. The van der Waals surface area contributed by atoms with Gasteiger partial charge in [0.2, 0.25) is 5.91 Å². The van der Waals surface area contributed by atoms with Gasteiger partial charge in [-0.3, -0.25) is 9.59 Å². The van der Waals surface area contributed by atoms with Gasteiger partial charge in [0.1, 0.15) is 11.5 Å². The molecule has 8 heteroatoms. The Bertz CT molecular complexity index is 799. The minimum absolute atomic E-state index is 0.105. The number of benzene rings is 2. The fourth-order valence-electron chi connectivity index (χ4n) is 2.46. The zero-order valence-corrected chi connectivity index (χ0v) is 15.4. The molecule has 0 spiro atoms. The van der Waals surface area contributed by atoms with Gasteiger partial charge in [0.15, 0.2) is 0 Å². The summed E-state index contributed by atoms with van der Waals surface area (Å²) in [6, 6.07) is 12.8. The van der Waals surface area contributed by atoms with E-state index in [0.29, 0.717) is 24.3 Å². The lowest BCUT2D eigenvalue weighted by Gasteiger charge is -2.12. The highest BCUT2D eigenvalue weighted by Gasteiger charge is 2.13. The van der Waals surface area contributed by atoms with Crippen LogP contribution < -0.4 is 20.1 Å². The van der Waals surface area contributed by atoms with E-state index in [-0.39, 0.29) is 36.2 Å². The first-order valence-corrected chi connectivity index (χ1v) is 8.85. The highest BCUT2D eigenvalue weighted by atomic mass is 19.3. The molecule has 2 aromatic rings. The van der Waals surface area contributed by atoms with Crippen molar-refractivity contribution in [3.63, 3.8) is 0 Å². The van der Waals surface area contributed by atoms with Gasteiger partial charge in [-0.2, -0.15) is 8.78 Å². The number of hydrogen-bond acceptors (Lipinski definition) is 4. The summed E-state index contributed by atoms with van der Waals surface area (Å²) >= 11 is 0. The minimum Gasteiger partial charge on any atom is -0.493 e. The van der Waals surface area contributed by atoms with Crippen LogP contribution in [0.25, 0.3) is 0 Å². The average Bonchev–Trinajstić information content (AvgIpc) is 2.67. The smallest absolute Gasteiger partial charge is 0.387 e. The molecule has 2 amide bonds. The van der Waals surface area contributed by atoms with Gasteiger partial charge in [0.25, 0.3) is 5.91 Å². The summed E-state index contributed by atoms with van der Waals surface area (Å²) in [5.41, 5.74) is 0.592. The van der Waals surface area contributed by atoms with E-state index in [9.17, 15) is 18.4 Å². The van der Waals surface area contributed by atoms with Crippen LogP contribution in [0.4, 0.5) is 14.5 Å². The molecule has 0 heterocycles. The fraction of sp³-hybridized carbons (Fsp3) is 0.300. The van der Waals surface area contributed by atoms with Crippen molar-refractivity contribution in [1.82, 2.24) is 5.32 Å². The Morgan fingerprint density at radius 2 is 1.71 bits per heavy atom. The largest absolute Gasteiger partial charge is 0.493 e. The number of ether oxygens (including phenoxy) is 2. The lowest BCUT2D eigenvalue weighted by Crippen LogP contribution is -2.26. The molecule has 0 aliphatic heterocycles. The highest BCUT2D eigenvalue weighted by Crippen LogP contribution is 2.25. The van der Waals surface area contributed by atoms with Crippen molar-refractivity contribution in [2.75, 3.05) is 18.5 Å². The zero-order valence-electron chi connectivity index (χ0n) is 15.4. The van der Waals surface area contributed by atoms with Gasteiger partial charge < -0.3 is 20.1 Å². The molecular weight excluding hydrogens is 370 g/mol. The summed E-state index contributed by atoms with van der Waals surface area (Å²) in [4.78, 5) is 24.3. The first-order valence-electron chi connectivity index (χ1n) is 8.85. The van der Waals surface area contributed by atoms with Crippen LogP contribution in [0, 0.1) is 0 Å². The predicted octanol–water partition coefficient (Wildman–Crippen LogP) is 3.84. The second kappa shape index (κ2) is 10.9. The van der Waals surface area contributed by atoms with Crippen LogP contribution in [0.2, 0.25) is 0 Å². The number of alkyl halides is 2. The molecule has 2 aromatic carbocycles. The standard InChI is InChI=1S/C20H22F2N2O4/c1-2-27-16-10-5-3-8-14(16)19(26)23-13-7-12-18(25)24-15-9-4-6-11-17(15)28-20(21)22/h3-6,8-11,20H,2,7,12-13H2,1H3,(H,23,26)(H,24,25). The van der Waals surface area contributed by atoms with Crippen molar-refractivity contribution >= 4 is 17.5 Å². The van der Waals surface area contributed by atoms with Crippen molar-refractivity contribution in [1.29, 1.82) is 0 Å². The number of hydrogen-bond donors (Lipinski definition) is 2. The quantitative estimate of drug-likeness (QED) is 0.603. The van der Waals surface area contributed by atoms with Crippen LogP contribution in [-0.4, -0.2) is 31.6 Å².